The van der Waals surface area contributed by atoms with E-state index < -0.39 is 0 Å². The van der Waals surface area contributed by atoms with Gasteiger partial charge in [0.25, 0.3) is 5.91 Å². The van der Waals surface area contributed by atoms with Gasteiger partial charge in [-0.2, -0.15) is 5.10 Å². The van der Waals surface area contributed by atoms with Gasteiger partial charge in [0.05, 0.1) is 30.6 Å². The normalized spacial score (nSPS) is 17.0. The van der Waals surface area contributed by atoms with Crippen LogP contribution in [0.2, 0.25) is 0 Å². The molecule has 160 valence electrons. The third-order valence-corrected chi connectivity index (χ3v) is 5.80. The van der Waals surface area contributed by atoms with Crippen LogP contribution in [0.25, 0.3) is 22.4 Å². The number of aromatic amines is 1. The summed E-state index contributed by atoms with van der Waals surface area (Å²) in [5, 5.41) is 15.0. The van der Waals surface area contributed by atoms with E-state index in [9.17, 15) is 4.79 Å². The van der Waals surface area contributed by atoms with Crippen molar-refractivity contribution in [2.45, 2.75) is 18.9 Å². The molecule has 6 rings (SSSR count). The maximum absolute atomic E-state index is 12.8. The molecule has 1 unspecified atom stereocenters. The molecule has 2 aromatic carbocycles. The van der Waals surface area contributed by atoms with Gasteiger partial charge < -0.3 is 19.3 Å². The highest BCUT2D eigenvalue weighted by atomic mass is 16.6. The molecular weight excluding hydrogens is 408 g/mol. The molecule has 8 nitrogen and oxygen atoms in total. The van der Waals surface area contributed by atoms with Crippen LogP contribution in [0, 0.1) is 0 Å². The van der Waals surface area contributed by atoms with Crippen molar-refractivity contribution < 1.29 is 18.8 Å². The predicted molar refractivity (Wildman–Crippen MR) is 118 cm³/mol. The molecular formula is C24H20N4O4. The summed E-state index contributed by atoms with van der Waals surface area (Å²) in [6.07, 6.45) is 2.82. The minimum Gasteiger partial charge on any atom is -0.493 e. The molecule has 0 radical (unpaired) electrons. The number of nitrogens with one attached hydrogen (secondary N) is 2. The summed E-state index contributed by atoms with van der Waals surface area (Å²) in [6.45, 7) is 1.06. The molecule has 0 spiro atoms. The highest BCUT2D eigenvalue weighted by Gasteiger charge is 2.25. The van der Waals surface area contributed by atoms with E-state index in [2.05, 4.69) is 26.7 Å². The van der Waals surface area contributed by atoms with Gasteiger partial charge in [0.15, 0.2) is 5.76 Å². The smallest absolute Gasteiger partial charge is 0.255 e. The zero-order valence-corrected chi connectivity index (χ0v) is 17.1. The van der Waals surface area contributed by atoms with Gasteiger partial charge in [0.2, 0.25) is 0 Å². The molecule has 2 aliphatic rings. The number of fused-ring (bicyclic) bond motifs is 2. The Balaban J connectivity index is 1.11. The minimum atomic E-state index is -0.249. The van der Waals surface area contributed by atoms with Crippen molar-refractivity contribution in [1.82, 2.24) is 15.5 Å². The molecule has 2 aromatic heterocycles. The van der Waals surface area contributed by atoms with Gasteiger partial charge in [-0.3, -0.25) is 9.89 Å². The highest BCUT2D eigenvalue weighted by molar-refractivity contribution is 6.02. The van der Waals surface area contributed by atoms with Gasteiger partial charge in [-0.05, 0) is 41.5 Å². The number of H-pyrrole nitrogens is 1. The largest absolute Gasteiger partial charge is 0.493 e. The number of carbonyl (C=O) groups excluding carboxylic acids is 1. The van der Waals surface area contributed by atoms with Crippen LogP contribution in [0.15, 0.2) is 64.3 Å². The monoisotopic (exact) mass is 428 g/mol. The zero-order valence-electron chi connectivity index (χ0n) is 17.1. The van der Waals surface area contributed by atoms with Crippen LogP contribution in [0.3, 0.4) is 0 Å². The Morgan fingerprint density at radius 2 is 2.12 bits per heavy atom. The lowest BCUT2D eigenvalue weighted by molar-refractivity contribution is 0.0754. The molecule has 0 bridgehead atoms. The number of hydrogen-bond donors (Lipinski definition) is 2. The molecule has 2 N–H and O–H groups in total. The molecule has 4 aromatic rings. The second-order valence-electron chi connectivity index (χ2n) is 7.91. The predicted octanol–water partition coefficient (Wildman–Crippen LogP) is 3.68. The van der Waals surface area contributed by atoms with Crippen molar-refractivity contribution in [3.05, 3.63) is 71.4 Å². The standard InChI is InChI=1S/C24H20N4O4/c29-24(18-13-26-27-23(18)22-10-15-3-1-2-4-21(15)31-22)25-12-17-11-19(28-32-17)14-5-6-20-16(9-14)7-8-30-20/h1-6,9-10,13,17H,7-8,11-12H2,(H,25,29)(H,26,27). The van der Waals surface area contributed by atoms with E-state index in [1.54, 1.807) is 0 Å². The lowest BCUT2D eigenvalue weighted by Crippen LogP contribution is -2.32. The number of amides is 1. The van der Waals surface area contributed by atoms with Gasteiger partial charge >= 0.3 is 0 Å². The van der Waals surface area contributed by atoms with Crippen molar-refractivity contribution in [3.63, 3.8) is 0 Å². The van der Waals surface area contributed by atoms with Crippen molar-refractivity contribution in [2.24, 2.45) is 5.16 Å². The van der Waals surface area contributed by atoms with Crippen molar-refractivity contribution in [3.8, 4) is 17.2 Å². The topological polar surface area (TPSA) is 102 Å². The molecule has 2 aliphatic heterocycles. The van der Waals surface area contributed by atoms with Gasteiger partial charge in [-0.15, -0.1) is 0 Å². The zero-order chi connectivity index (χ0) is 21.5. The molecule has 8 heteroatoms. The highest BCUT2D eigenvalue weighted by Crippen LogP contribution is 2.29. The number of hydrogen-bond acceptors (Lipinski definition) is 6. The summed E-state index contributed by atoms with van der Waals surface area (Å²) in [4.78, 5) is 18.4. The Morgan fingerprint density at radius 1 is 1.19 bits per heavy atom. The van der Waals surface area contributed by atoms with Crippen molar-refractivity contribution >= 4 is 22.6 Å². The van der Waals surface area contributed by atoms with E-state index in [4.69, 9.17) is 14.0 Å². The number of ether oxygens (including phenoxy) is 1. The number of rotatable bonds is 5. The SMILES string of the molecule is O=C(NCC1CC(c2ccc3c(c2)CCO3)=NO1)c1cn[nH]c1-c1cc2ccccc2o1. The van der Waals surface area contributed by atoms with Crippen LogP contribution in [0.1, 0.15) is 27.9 Å². The van der Waals surface area contributed by atoms with Gasteiger partial charge in [-0.25, -0.2) is 0 Å². The van der Waals surface area contributed by atoms with E-state index in [-0.39, 0.29) is 12.0 Å². The number of aromatic nitrogens is 2. The van der Waals surface area contributed by atoms with Gasteiger partial charge in [-0.1, -0.05) is 23.4 Å². The van der Waals surface area contributed by atoms with Gasteiger partial charge in [0, 0.05) is 18.2 Å². The van der Waals surface area contributed by atoms with Crippen molar-refractivity contribution in [1.29, 1.82) is 0 Å². The van der Waals surface area contributed by atoms with E-state index in [1.807, 2.05) is 42.5 Å². The molecule has 32 heavy (non-hydrogen) atoms. The second kappa shape index (κ2) is 7.56. The Kier molecular flexibility index (Phi) is 4.41. The first-order valence-electron chi connectivity index (χ1n) is 10.5. The lowest BCUT2D eigenvalue weighted by atomic mass is 10.0. The number of carbonyl (C=O) groups is 1. The Hall–Kier alpha value is -4.07. The molecule has 0 saturated carbocycles. The number of nitrogens with zero attached hydrogens (tertiary/aromatic N) is 2. The summed E-state index contributed by atoms with van der Waals surface area (Å²) in [6, 6.07) is 15.7. The first-order valence-corrected chi connectivity index (χ1v) is 10.5. The van der Waals surface area contributed by atoms with E-state index in [1.165, 1.54) is 11.8 Å². The summed E-state index contributed by atoms with van der Waals surface area (Å²) in [7, 11) is 0. The maximum atomic E-state index is 12.8. The van der Waals surface area contributed by atoms with E-state index >= 15 is 0 Å². The molecule has 1 amide bonds. The molecule has 0 fully saturated rings. The Bertz CT molecular complexity index is 1320. The average Bonchev–Trinajstić information content (AvgIpc) is 3.60. The third-order valence-electron chi connectivity index (χ3n) is 5.80. The summed E-state index contributed by atoms with van der Waals surface area (Å²) < 4.78 is 11.4. The minimum absolute atomic E-state index is 0.222. The fourth-order valence-corrected chi connectivity index (χ4v) is 4.13. The van der Waals surface area contributed by atoms with Crippen LogP contribution in [0.4, 0.5) is 0 Å². The lowest BCUT2D eigenvalue weighted by Gasteiger charge is -2.10. The van der Waals surface area contributed by atoms with E-state index in [0.29, 0.717) is 30.0 Å². The molecule has 0 aliphatic carbocycles. The maximum Gasteiger partial charge on any atom is 0.255 e. The Labute approximate surface area is 183 Å². The third kappa shape index (κ3) is 3.30. The van der Waals surface area contributed by atoms with Crippen LogP contribution >= 0.6 is 0 Å². The van der Waals surface area contributed by atoms with Crippen molar-refractivity contribution in [2.75, 3.05) is 13.2 Å². The molecule has 1 atom stereocenters. The number of benzene rings is 2. The van der Waals surface area contributed by atoms with Crippen LogP contribution in [0.5, 0.6) is 5.75 Å². The second-order valence-corrected chi connectivity index (χ2v) is 7.91. The fraction of sp³-hybridized carbons (Fsp3) is 0.208. The first kappa shape index (κ1) is 18.7. The number of oxime groups is 1. The van der Waals surface area contributed by atoms with Crippen LogP contribution in [-0.2, 0) is 11.3 Å². The van der Waals surface area contributed by atoms with Gasteiger partial charge in [0.1, 0.15) is 23.1 Å². The quantitative estimate of drug-likeness (QED) is 0.505. The number of furan rings is 1. The summed E-state index contributed by atoms with van der Waals surface area (Å²) in [5.41, 5.74) is 4.83. The Morgan fingerprint density at radius 3 is 3.06 bits per heavy atom. The molecule has 4 heterocycles. The summed E-state index contributed by atoms with van der Waals surface area (Å²) in [5.74, 6) is 1.26. The average molecular weight is 428 g/mol. The molecule has 0 saturated heterocycles. The number of para-hydroxylation sites is 1. The van der Waals surface area contributed by atoms with Crippen LogP contribution in [-0.4, -0.2) is 41.1 Å². The van der Waals surface area contributed by atoms with Crippen LogP contribution < -0.4 is 10.1 Å². The fourth-order valence-electron chi connectivity index (χ4n) is 4.13. The first-order chi connectivity index (χ1) is 15.7. The van der Waals surface area contributed by atoms with E-state index in [0.717, 1.165) is 41.0 Å². The summed E-state index contributed by atoms with van der Waals surface area (Å²) >= 11 is 0.